The fourth-order valence-electron chi connectivity index (χ4n) is 1.38. The molecule has 0 fully saturated rings. The van der Waals surface area contributed by atoms with Crippen LogP contribution < -0.4 is 0 Å². The van der Waals surface area contributed by atoms with Gasteiger partial charge in [-0.15, -0.1) is 0 Å². The maximum atomic E-state index is 11.5. The van der Waals surface area contributed by atoms with E-state index >= 15 is 0 Å². The Hall–Kier alpha value is -0.540. The summed E-state index contributed by atoms with van der Waals surface area (Å²) in [7, 11) is 0. The van der Waals surface area contributed by atoms with E-state index in [0.717, 1.165) is 0 Å². The molecular formula is C14H24O6S3. The van der Waals surface area contributed by atoms with Crippen LogP contribution >= 0.6 is 37.9 Å². The van der Waals surface area contributed by atoms with Crippen LogP contribution in [-0.4, -0.2) is 55.0 Å². The monoisotopic (exact) mass is 384 g/mol. The average Bonchev–Trinajstić information content (AvgIpc) is 2.50. The molecule has 0 aromatic rings. The summed E-state index contributed by atoms with van der Waals surface area (Å²) >= 11 is 11.9. The Balaban J connectivity index is 4.58. The van der Waals surface area contributed by atoms with Gasteiger partial charge in [-0.3, -0.25) is 14.4 Å². The van der Waals surface area contributed by atoms with E-state index in [1.807, 2.05) is 0 Å². The molecule has 0 bridgehead atoms. The Bertz CT molecular complexity index is 334. The van der Waals surface area contributed by atoms with Crippen molar-refractivity contribution < 1.29 is 28.6 Å². The molecule has 0 unspecified atom stereocenters. The van der Waals surface area contributed by atoms with Crippen LogP contribution in [-0.2, 0) is 28.6 Å². The van der Waals surface area contributed by atoms with E-state index in [1.165, 1.54) is 0 Å². The second kappa shape index (κ2) is 12.8. The fraction of sp³-hybridized carbons (Fsp3) is 0.786. The zero-order valence-electron chi connectivity index (χ0n) is 13.2. The number of carbonyl (C=O) groups excluding carboxylic acids is 3. The van der Waals surface area contributed by atoms with Gasteiger partial charge in [0.2, 0.25) is 0 Å². The molecule has 0 N–H and O–H groups in total. The van der Waals surface area contributed by atoms with Gasteiger partial charge >= 0.3 is 17.9 Å². The average molecular weight is 385 g/mol. The van der Waals surface area contributed by atoms with E-state index in [2.05, 4.69) is 37.9 Å². The highest BCUT2D eigenvalue weighted by Crippen LogP contribution is 2.19. The third kappa shape index (κ3) is 11.6. The lowest BCUT2D eigenvalue weighted by molar-refractivity contribution is -0.160. The van der Waals surface area contributed by atoms with Gasteiger partial charge in [0.1, 0.15) is 19.8 Å². The second-order valence-electron chi connectivity index (χ2n) is 5.21. The van der Waals surface area contributed by atoms with Gasteiger partial charge in [-0.1, -0.05) is 0 Å². The molecule has 0 aromatic carbocycles. The van der Waals surface area contributed by atoms with Crippen molar-refractivity contribution in [3.63, 3.8) is 0 Å². The Morgan fingerprint density at radius 1 is 0.696 bits per heavy atom. The van der Waals surface area contributed by atoms with Crippen molar-refractivity contribution in [1.82, 2.24) is 0 Å². The van der Waals surface area contributed by atoms with Crippen molar-refractivity contribution in [3.8, 4) is 0 Å². The first-order valence-corrected chi connectivity index (χ1v) is 9.06. The Morgan fingerprint density at radius 2 is 0.957 bits per heavy atom. The normalized spacial score (nSPS) is 11.0. The van der Waals surface area contributed by atoms with Crippen molar-refractivity contribution in [3.05, 3.63) is 0 Å². The zero-order chi connectivity index (χ0) is 17.7. The number of hydrogen-bond acceptors (Lipinski definition) is 9. The van der Waals surface area contributed by atoms with Gasteiger partial charge in [-0.25, -0.2) is 0 Å². The summed E-state index contributed by atoms with van der Waals surface area (Å²) in [6.07, 6.45) is 0.536. The largest absolute Gasteiger partial charge is 0.465 e. The summed E-state index contributed by atoms with van der Waals surface area (Å²) in [6.45, 7) is 1.63. The van der Waals surface area contributed by atoms with Crippen LogP contribution in [0.5, 0.6) is 0 Å². The van der Waals surface area contributed by atoms with Crippen molar-refractivity contribution in [2.24, 2.45) is 5.41 Å². The van der Waals surface area contributed by atoms with Gasteiger partial charge in [0, 0.05) is 17.3 Å². The molecule has 23 heavy (non-hydrogen) atoms. The lowest BCUT2D eigenvalue weighted by Gasteiger charge is -2.28. The van der Waals surface area contributed by atoms with Crippen LogP contribution in [0.25, 0.3) is 0 Å². The standard InChI is InChI=1S/C14H24O6S3/c1-14(8-18-11(15)2-5-21,9-19-12(16)3-6-22)10-20-13(17)4-7-23/h21-23H,2-10H2,1H3. The van der Waals surface area contributed by atoms with Crippen LogP contribution in [0.4, 0.5) is 0 Å². The fourth-order valence-corrected chi connectivity index (χ4v) is 1.93. The number of carbonyl (C=O) groups is 3. The molecule has 9 heteroatoms. The van der Waals surface area contributed by atoms with Crippen LogP contribution in [0, 0.1) is 5.41 Å². The Kier molecular flexibility index (Phi) is 12.5. The smallest absolute Gasteiger partial charge is 0.306 e. The molecule has 134 valence electrons. The van der Waals surface area contributed by atoms with Crippen LogP contribution in [0.15, 0.2) is 0 Å². The topological polar surface area (TPSA) is 78.9 Å². The van der Waals surface area contributed by atoms with Crippen molar-refractivity contribution in [2.45, 2.75) is 26.2 Å². The summed E-state index contributed by atoms with van der Waals surface area (Å²) in [5.41, 5.74) is -0.815. The first kappa shape index (κ1) is 22.5. The summed E-state index contributed by atoms with van der Waals surface area (Å²) in [5.74, 6) is -0.0882. The lowest BCUT2D eigenvalue weighted by atomic mass is 9.94. The molecule has 0 radical (unpaired) electrons. The van der Waals surface area contributed by atoms with Gasteiger partial charge in [0.15, 0.2) is 0 Å². The maximum absolute atomic E-state index is 11.5. The number of rotatable bonds is 12. The molecule has 0 saturated heterocycles. The van der Waals surface area contributed by atoms with Gasteiger partial charge in [0.05, 0.1) is 24.7 Å². The minimum Gasteiger partial charge on any atom is -0.465 e. The molecule has 0 aliphatic heterocycles. The first-order valence-electron chi connectivity index (χ1n) is 7.16. The highest BCUT2D eigenvalue weighted by molar-refractivity contribution is 7.80. The van der Waals surface area contributed by atoms with Crippen LogP contribution in [0.3, 0.4) is 0 Å². The molecule has 0 atom stereocenters. The quantitative estimate of drug-likeness (QED) is 0.269. The predicted molar refractivity (Wildman–Crippen MR) is 96.4 cm³/mol. The predicted octanol–water partition coefficient (Wildman–Crippen LogP) is 1.58. The summed E-state index contributed by atoms with van der Waals surface area (Å²) < 4.78 is 15.4. The third-order valence-corrected chi connectivity index (χ3v) is 3.36. The highest BCUT2D eigenvalue weighted by atomic mass is 32.1. The van der Waals surface area contributed by atoms with E-state index in [-0.39, 0.29) is 39.1 Å². The first-order chi connectivity index (χ1) is 10.9. The van der Waals surface area contributed by atoms with E-state index < -0.39 is 23.3 Å². The van der Waals surface area contributed by atoms with Crippen molar-refractivity contribution in [1.29, 1.82) is 0 Å². The molecule has 0 spiro atoms. The van der Waals surface area contributed by atoms with E-state index in [0.29, 0.717) is 17.3 Å². The number of esters is 3. The Labute approximate surface area is 153 Å². The van der Waals surface area contributed by atoms with E-state index in [4.69, 9.17) is 14.2 Å². The van der Waals surface area contributed by atoms with Gasteiger partial charge in [-0.2, -0.15) is 37.9 Å². The molecule has 0 aliphatic carbocycles. The third-order valence-electron chi connectivity index (χ3n) is 2.69. The van der Waals surface area contributed by atoms with Crippen LogP contribution in [0.1, 0.15) is 26.2 Å². The van der Waals surface area contributed by atoms with Crippen LogP contribution in [0.2, 0.25) is 0 Å². The number of ether oxygens (including phenoxy) is 3. The molecule has 0 aliphatic rings. The summed E-state index contributed by atoms with van der Waals surface area (Å²) in [4.78, 5) is 34.4. The SMILES string of the molecule is CC(COC(=O)CCS)(COC(=O)CCS)COC(=O)CCS. The summed E-state index contributed by atoms with van der Waals surface area (Å²) in [5, 5.41) is 0. The molecule has 0 rings (SSSR count). The minimum atomic E-state index is -0.815. The van der Waals surface area contributed by atoms with Crippen molar-refractivity contribution >= 4 is 55.8 Å². The lowest BCUT2D eigenvalue weighted by Crippen LogP contribution is -2.37. The maximum Gasteiger partial charge on any atom is 0.306 e. The molecule has 6 nitrogen and oxygen atoms in total. The summed E-state index contributed by atoms with van der Waals surface area (Å²) in [6, 6.07) is 0. The molecule has 0 amide bonds. The number of thiol groups is 3. The Morgan fingerprint density at radius 3 is 1.17 bits per heavy atom. The zero-order valence-corrected chi connectivity index (χ0v) is 15.8. The van der Waals surface area contributed by atoms with E-state index in [9.17, 15) is 14.4 Å². The van der Waals surface area contributed by atoms with Gasteiger partial charge in [0.25, 0.3) is 0 Å². The van der Waals surface area contributed by atoms with Gasteiger partial charge < -0.3 is 14.2 Å². The van der Waals surface area contributed by atoms with Crippen molar-refractivity contribution in [2.75, 3.05) is 37.1 Å². The van der Waals surface area contributed by atoms with E-state index in [1.54, 1.807) is 6.92 Å². The number of hydrogen-bond donors (Lipinski definition) is 3. The molecular weight excluding hydrogens is 360 g/mol. The molecule has 0 heterocycles. The minimum absolute atomic E-state index is 0.0259. The highest BCUT2D eigenvalue weighted by Gasteiger charge is 2.30. The molecule has 0 aromatic heterocycles. The second-order valence-corrected chi connectivity index (χ2v) is 6.56. The van der Waals surface area contributed by atoms with Gasteiger partial charge in [-0.05, 0) is 6.92 Å². The molecule has 0 saturated carbocycles.